The van der Waals surface area contributed by atoms with Crippen LogP contribution in [0.2, 0.25) is 0 Å². The van der Waals surface area contributed by atoms with Crippen molar-refractivity contribution in [1.29, 1.82) is 0 Å². The summed E-state index contributed by atoms with van der Waals surface area (Å²) in [5.41, 5.74) is 4.38. The Morgan fingerprint density at radius 2 is 1.79 bits per heavy atom. The zero-order valence-electron chi connectivity index (χ0n) is 23.2. The molecule has 1 saturated heterocycles. The number of hydrogen-bond acceptors (Lipinski definition) is 6. The third-order valence-electron chi connectivity index (χ3n) is 7.43. The number of fused-ring (bicyclic) bond motifs is 1. The lowest BCUT2D eigenvalue weighted by molar-refractivity contribution is -0.129. The minimum Gasteiger partial charge on any atom is -0.497 e. The average Bonchev–Trinajstić information content (AvgIpc) is 3.62. The quantitative estimate of drug-likeness (QED) is 0.342. The fourth-order valence-corrected chi connectivity index (χ4v) is 4.95. The van der Waals surface area contributed by atoms with Crippen molar-refractivity contribution >= 4 is 11.4 Å². The second-order valence-electron chi connectivity index (χ2n) is 11.2. The summed E-state index contributed by atoms with van der Waals surface area (Å²) in [6.07, 6.45) is 7.75. The number of benzene rings is 1. The first-order chi connectivity index (χ1) is 18.0. The van der Waals surface area contributed by atoms with Crippen LogP contribution in [0.15, 0.2) is 49.1 Å². The summed E-state index contributed by atoms with van der Waals surface area (Å²) in [4.78, 5) is 19.9. The number of aryl methyl sites for hydroxylation is 1. The van der Waals surface area contributed by atoms with E-state index in [4.69, 9.17) is 14.5 Å². The zero-order chi connectivity index (χ0) is 27.2. The summed E-state index contributed by atoms with van der Waals surface area (Å²) in [7, 11) is 1.65. The van der Waals surface area contributed by atoms with Crippen molar-refractivity contribution < 1.29 is 14.3 Å². The first kappa shape index (κ1) is 25.8. The Hall–Kier alpha value is -3.88. The molecule has 200 valence electrons. The van der Waals surface area contributed by atoms with Crippen LogP contribution in [0.25, 0.3) is 16.8 Å². The van der Waals surface area contributed by atoms with Crippen LogP contribution in [-0.4, -0.2) is 54.9 Å². The number of hydrogen-bond donors (Lipinski definition) is 0. The van der Waals surface area contributed by atoms with Crippen LogP contribution in [0.4, 0.5) is 0 Å². The molecule has 1 aliphatic rings. The van der Waals surface area contributed by atoms with E-state index in [1.54, 1.807) is 7.11 Å². The van der Waals surface area contributed by atoms with Crippen LogP contribution in [0.3, 0.4) is 0 Å². The van der Waals surface area contributed by atoms with Gasteiger partial charge in [0.2, 0.25) is 11.8 Å². The van der Waals surface area contributed by atoms with Crippen LogP contribution < -0.4 is 9.47 Å². The van der Waals surface area contributed by atoms with Gasteiger partial charge in [0.05, 0.1) is 43.0 Å². The SMILES string of the molecule is COc1ccc(C(C)N2CC(C(C)Oc3nc(-c4cnn(C(C)(C)C)c4)cn4ncc(C)c34)CC2=O)cc1. The molecule has 4 aromatic rings. The predicted octanol–water partition coefficient (Wildman–Crippen LogP) is 5.04. The highest BCUT2D eigenvalue weighted by molar-refractivity contribution is 5.79. The molecule has 0 spiro atoms. The van der Waals surface area contributed by atoms with Gasteiger partial charge in [-0.15, -0.1) is 0 Å². The van der Waals surface area contributed by atoms with E-state index < -0.39 is 0 Å². The van der Waals surface area contributed by atoms with Crippen molar-refractivity contribution in [3.05, 3.63) is 60.2 Å². The highest BCUT2D eigenvalue weighted by Gasteiger charge is 2.37. The lowest BCUT2D eigenvalue weighted by Gasteiger charge is -2.26. The van der Waals surface area contributed by atoms with Crippen LogP contribution in [0, 0.1) is 12.8 Å². The molecular formula is C29H36N6O3. The van der Waals surface area contributed by atoms with Crippen LogP contribution in [0.1, 0.15) is 58.2 Å². The van der Waals surface area contributed by atoms with Crippen molar-refractivity contribution in [3.8, 4) is 22.9 Å². The highest BCUT2D eigenvalue weighted by Crippen LogP contribution is 2.34. The molecule has 1 amide bonds. The Balaban J connectivity index is 1.37. The second-order valence-corrected chi connectivity index (χ2v) is 11.2. The molecule has 1 aromatic carbocycles. The van der Waals surface area contributed by atoms with E-state index in [0.717, 1.165) is 33.7 Å². The Bertz CT molecular complexity index is 1450. The van der Waals surface area contributed by atoms with E-state index in [2.05, 4.69) is 37.9 Å². The first-order valence-electron chi connectivity index (χ1n) is 13.1. The molecule has 1 fully saturated rings. The molecule has 5 rings (SSSR count). The topological polar surface area (TPSA) is 86.8 Å². The molecule has 3 aromatic heterocycles. The van der Waals surface area contributed by atoms with Gasteiger partial charge in [-0.05, 0) is 59.2 Å². The number of carbonyl (C=O) groups is 1. The van der Waals surface area contributed by atoms with Crippen molar-refractivity contribution in [2.45, 2.75) is 65.6 Å². The molecule has 0 radical (unpaired) electrons. The predicted molar refractivity (Wildman–Crippen MR) is 145 cm³/mol. The van der Waals surface area contributed by atoms with Gasteiger partial charge in [-0.25, -0.2) is 9.50 Å². The van der Waals surface area contributed by atoms with Crippen molar-refractivity contribution in [2.24, 2.45) is 5.92 Å². The van der Waals surface area contributed by atoms with Gasteiger partial charge in [-0.1, -0.05) is 12.1 Å². The zero-order valence-corrected chi connectivity index (χ0v) is 23.2. The summed E-state index contributed by atoms with van der Waals surface area (Å²) in [5, 5.41) is 9.04. The maximum atomic E-state index is 13.0. The van der Waals surface area contributed by atoms with Crippen LogP contribution >= 0.6 is 0 Å². The Labute approximate surface area is 223 Å². The molecule has 3 unspecified atom stereocenters. The normalized spacial score (nSPS) is 17.7. The number of ether oxygens (including phenoxy) is 2. The average molecular weight is 517 g/mol. The molecule has 1 aliphatic heterocycles. The third kappa shape index (κ3) is 4.85. The van der Waals surface area contributed by atoms with Gasteiger partial charge in [0, 0.05) is 36.2 Å². The molecule has 0 N–H and O–H groups in total. The van der Waals surface area contributed by atoms with Crippen molar-refractivity contribution in [1.82, 2.24) is 29.3 Å². The second kappa shape index (κ2) is 9.78. The fraction of sp³-hybridized carbons (Fsp3) is 0.448. The van der Waals surface area contributed by atoms with Crippen LogP contribution in [0.5, 0.6) is 11.6 Å². The van der Waals surface area contributed by atoms with Gasteiger partial charge in [0.15, 0.2) is 0 Å². The molecular weight excluding hydrogens is 480 g/mol. The molecule has 3 atom stereocenters. The summed E-state index contributed by atoms with van der Waals surface area (Å²) in [6, 6.07) is 7.85. The van der Waals surface area contributed by atoms with E-state index in [-0.39, 0.29) is 29.5 Å². The number of methoxy groups -OCH3 is 1. The Morgan fingerprint density at radius 3 is 2.45 bits per heavy atom. The number of aromatic nitrogens is 5. The number of nitrogens with zero attached hydrogens (tertiary/aromatic N) is 6. The van der Waals surface area contributed by atoms with Gasteiger partial charge in [0.25, 0.3) is 0 Å². The van der Waals surface area contributed by atoms with Crippen molar-refractivity contribution in [3.63, 3.8) is 0 Å². The number of rotatable bonds is 7. The minimum atomic E-state index is -0.217. The third-order valence-corrected chi connectivity index (χ3v) is 7.43. The molecule has 0 bridgehead atoms. The highest BCUT2D eigenvalue weighted by atomic mass is 16.5. The van der Waals surface area contributed by atoms with Gasteiger partial charge < -0.3 is 14.4 Å². The standard InChI is InChI=1S/C29H36N6O3/c1-18-13-30-34-17-25(23-14-31-35(16-23)29(4,5)6)32-28(27(18)34)38-20(3)22-12-26(36)33(15-22)19(2)21-8-10-24(37-7)11-9-21/h8-11,13-14,16-17,19-20,22H,12,15H2,1-7H3. The van der Waals surface area contributed by atoms with E-state index in [9.17, 15) is 4.79 Å². The van der Waals surface area contributed by atoms with Gasteiger partial charge in [-0.3, -0.25) is 9.48 Å². The van der Waals surface area contributed by atoms with E-state index in [0.29, 0.717) is 18.8 Å². The molecule has 0 saturated carbocycles. The van der Waals surface area contributed by atoms with Crippen LogP contribution in [-0.2, 0) is 10.3 Å². The Kier molecular flexibility index (Phi) is 6.63. The summed E-state index contributed by atoms with van der Waals surface area (Å²) in [6.45, 7) is 13.0. The van der Waals surface area contributed by atoms with Crippen molar-refractivity contribution in [2.75, 3.05) is 13.7 Å². The minimum absolute atomic E-state index is 0.0322. The van der Waals surface area contributed by atoms with E-state index >= 15 is 0 Å². The molecule has 9 nitrogen and oxygen atoms in total. The van der Waals surface area contributed by atoms with E-state index in [1.165, 1.54) is 0 Å². The maximum absolute atomic E-state index is 13.0. The number of amides is 1. The lowest BCUT2D eigenvalue weighted by atomic mass is 10.0. The Morgan fingerprint density at radius 1 is 1.05 bits per heavy atom. The molecule has 0 aliphatic carbocycles. The summed E-state index contributed by atoms with van der Waals surface area (Å²) in [5.74, 6) is 1.49. The fourth-order valence-electron chi connectivity index (χ4n) is 4.95. The molecule has 4 heterocycles. The summed E-state index contributed by atoms with van der Waals surface area (Å²) < 4.78 is 15.5. The molecule has 9 heteroatoms. The number of carbonyl (C=O) groups excluding carboxylic acids is 1. The molecule has 38 heavy (non-hydrogen) atoms. The smallest absolute Gasteiger partial charge is 0.241 e. The van der Waals surface area contributed by atoms with E-state index in [1.807, 2.05) is 77.0 Å². The van der Waals surface area contributed by atoms with Gasteiger partial charge in [-0.2, -0.15) is 10.2 Å². The van der Waals surface area contributed by atoms with Gasteiger partial charge in [0.1, 0.15) is 17.4 Å². The monoisotopic (exact) mass is 516 g/mol. The first-order valence-corrected chi connectivity index (χ1v) is 13.1. The largest absolute Gasteiger partial charge is 0.497 e. The summed E-state index contributed by atoms with van der Waals surface area (Å²) >= 11 is 0. The maximum Gasteiger partial charge on any atom is 0.241 e. The van der Waals surface area contributed by atoms with Gasteiger partial charge >= 0.3 is 0 Å². The number of likely N-dealkylation sites (tertiary alicyclic amines) is 1. The lowest BCUT2D eigenvalue weighted by Crippen LogP contribution is -2.31.